The highest BCUT2D eigenvalue weighted by atomic mass is 35.5. The number of halogens is 1. The Morgan fingerprint density at radius 3 is 1.93 bits per heavy atom. The minimum absolute atomic E-state index is 0.0173. The summed E-state index contributed by atoms with van der Waals surface area (Å²) in [7, 11) is 0. The zero-order valence-electron chi connectivity index (χ0n) is 15.2. The van der Waals surface area contributed by atoms with Gasteiger partial charge in [-0.15, -0.1) is 0 Å². The summed E-state index contributed by atoms with van der Waals surface area (Å²) in [6.45, 7) is 2.21. The smallest absolute Gasteiger partial charge is 0.234 e. The minimum Gasteiger partial charge on any atom is -0.344 e. The molecular formula is C23H23ClN2O. The first-order chi connectivity index (χ1) is 13.1. The SMILES string of the molecule is C[C@@H](NCC(=O)NC(c1ccccc1)c1ccccc1)c1ccccc1Cl. The van der Waals surface area contributed by atoms with Crippen LogP contribution in [0.4, 0.5) is 0 Å². The van der Waals surface area contributed by atoms with Crippen molar-refractivity contribution in [3.8, 4) is 0 Å². The molecule has 0 aliphatic heterocycles. The number of nitrogens with one attached hydrogen (secondary N) is 2. The third-order valence-electron chi connectivity index (χ3n) is 4.51. The lowest BCUT2D eigenvalue weighted by molar-refractivity contribution is -0.120. The average Bonchev–Trinajstić information content (AvgIpc) is 2.72. The molecule has 3 aromatic carbocycles. The van der Waals surface area contributed by atoms with Crippen LogP contribution in [-0.2, 0) is 4.79 Å². The van der Waals surface area contributed by atoms with Crippen molar-refractivity contribution in [2.24, 2.45) is 0 Å². The van der Waals surface area contributed by atoms with E-state index in [9.17, 15) is 4.79 Å². The summed E-state index contributed by atoms with van der Waals surface area (Å²) in [5.41, 5.74) is 3.09. The van der Waals surface area contributed by atoms with Crippen molar-refractivity contribution in [2.75, 3.05) is 6.54 Å². The van der Waals surface area contributed by atoms with E-state index in [2.05, 4.69) is 10.6 Å². The molecule has 0 radical (unpaired) electrons. The Labute approximate surface area is 165 Å². The molecule has 138 valence electrons. The maximum absolute atomic E-state index is 12.6. The van der Waals surface area contributed by atoms with Gasteiger partial charge in [0.1, 0.15) is 0 Å². The van der Waals surface area contributed by atoms with E-state index in [-0.39, 0.29) is 24.5 Å². The van der Waals surface area contributed by atoms with Crippen molar-refractivity contribution < 1.29 is 4.79 Å². The van der Waals surface area contributed by atoms with E-state index in [1.165, 1.54) is 0 Å². The molecule has 1 amide bonds. The van der Waals surface area contributed by atoms with Gasteiger partial charge in [-0.05, 0) is 29.7 Å². The minimum atomic E-state index is -0.183. The standard InChI is InChI=1S/C23H23ClN2O/c1-17(20-14-8-9-15-21(20)24)25-16-22(27)26-23(18-10-4-2-5-11-18)19-12-6-3-7-13-19/h2-15,17,23,25H,16H2,1H3,(H,26,27)/t17-/m1/s1. The van der Waals surface area contributed by atoms with Crippen molar-refractivity contribution >= 4 is 17.5 Å². The summed E-state index contributed by atoms with van der Waals surface area (Å²) in [5.74, 6) is -0.0633. The Hall–Kier alpha value is -2.62. The number of rotatable bonds is 7. The van der Waals surface area contributed by atoms with Gasteiger partial charge in [0.05, 0.1) is 12.6 Å². The Morgan fingerprint density at radius 1 is 0.852 bits per heavy atom. The molecule has 0 fully saturated rings. The van der Waals surface area contributed by atoms with Gasteiger partial charge in [-0.2, -0.15) is 0 Å². The van der Waals surface area contributed by atoms with Gasteiger partial charge in [0.25, 0.3) is 0 Å². The van der Waals surface area contributed by atoms with E-state index < -0.39 is 0 Å². The van der Waals surface area contributed by atoms with Gasteiger partial charge in [-0.25, -0.2) is 0 Å². The van der Waals surface area contributed by atoms with E-state index >= 15 is 0 Å². The van der Waals surface area contributed by atoms with E-state index in [4.69, 9.17) is 11.6 Å². The Bertz CT molecular complexity index is 828. The number of carbonyl (C=O) groups excluding carboxylic acids is 1. The second-order valence-corrected chi connectivity index (χ2v) is 6.85. The summed E-state index contributed by atoms with van der Waals surface area (Å²) in [6.07, 6.45) is 0. The summed E-state index contributed by atoms with van der Waals surface area (Å²) in [5, 5.41) is 7.09. The first kappa shape index (κ1) is 19.2. The first-order valence-corrected chi connectivity index (χ1v) is 9.40. The van der Waals surface area contributed by atoms with Crippen molar-refractivity contribution in [3.05, 3.63) is 107 Å². The number of carbonyl (C=O) groups is 1. The summed E-state index contributed by atoms with van der Waals surface area (Å²) in [6, 6.07) is 27.4. The third-order valence-corrected chi connectivity index (χ3v) is 4.86. The molecule has 0 unspecified atom stereocenters. The largest absolute Gasteiger partial charge is 0.344 e. The van der Waals surface area contributed by atoms with Gasteiger partial charge in [0.15, 0.2) is 0 Å². The van der Waals surface area contributed by atoms with Gasteiger partial charge in [-0.1, -0.05) is 90.5 Å². The van der Waals surface area contributed by atoms with Crippen LogP contribution >= 0.6 is 11.6 Å². The van der Waals surface area contributed by atoms with Crippen molar-refractivity contribution in [3.63, 3.8) is 0 Å². The molecule has 2 N–H and O–H groups in total. The van der Waals surface area contributed by atoms with Crippen LogP contribution in [0.3, 0.4) is 0 Å². The molecule has 27 heavy (non-hydrogen) atoms. The van der Waals surface area contributed by atoms with Gasteiger partial charge < -0.3 is 10.6 Å². The molecule has 0 aliphatic rings. The highest BCUT2D eigenvalue weighted by Crippen LogP contribution is 2.23. The monoisotopic (exact) mass is 378 g/mol. The highest BCUT2D eigenvalue weighted by Gasteiger charge is 2.17. The number of benzene rings is 3. The Morgan fingerprint density at radius 2 is 1.37 bits per heavy atom. The second kappa shape index (κ2) is 9.36. The van der Waals surface area contributed by atoms with Gasteiger partial charge in [-0.3, -0.25) is 4.79 Å². The fourth-order valence-corrected chi connectivity index (χ4v) is 3.34. The van der Waals surface area contributed by atoms with Crippen LogP contribution in [0.25, 0.3) is 0 Å². The molecule has 0 saturated carbocycles. The van der Waals surface area contributed by atoms with Crippen LogP contribution in [0.1, 0.15) is 35.7 Å². The summed E-state index contributed by atoms with van der Waals surface area (Å²) < 4.78 is 0. The third kappa shape index (κ3) is 5.19. The zero-order valence-corrected chi connectivity index (χ0v) is 16.0. The second-order valence-electron chi connectivity index (χ2n) is 6.45. The molecule has 0 spiro atoms. The quantitative estimate of drug-likeness (QED) is 0.614. The van der Waals surface area contributed by atoms with Crippen LogP contribution in [0.15, 0.2) is 84.9 Å². The van der Waals surface area contributed by atoms with Crippen molar-refractivity contribution in [1.29, 1.82) is 0 Å². The molecule has 0 aromatic heterocycles. The predicted molar refractivity (Wildman–Crippen MR) is 111 cm³/mol. The van der Waals surface area contributed by atoms with Gasteiger partial charge in [0.2, 0.25) is 5.91 Å². The highest BCUT2D eigenvalue weighted by molar-refractivity contribution is 6.31. The maximum atomic E-state index is 12.6. The summed E-state index contributed by atoms with van der Waals surface area (Å²) in [4.78, 5) is 12.6. The number of amides is 1. The molecule has 0 bridgehead atoms. The fourth-order valence-electron chi connectivity index (χ4n) is 3.04. The molecule has 3 nitrogen and oxygen atoms in total. The van der Waals surface area contributed by atoms with Crippen LogP contribution in [0.2, 0.25) is 5.02 Å². The lowest BCUT2D eigenvalue weighted by Gasteiger charge is -2.21. The summed E-state index contributed by atoms with van der Waals surface area (Å²) >= 11 is 6.24. The number of hydrogen-bond acceptors (Lipinski definition) is 2. The Balaban J connectivity index is 1.67. The van der Waals surface area contributed by atoms with E-state index in [0.717, 1.165) is 16.7 Å². The van der Waals surface area contributed by atoms with Crippen molar-refractivity contribution in [1.82, 2.24) is 10.6 Å². The zero-order chi connectivity index (χ0) is 19.1. The molecule has 0 heterocycles. The van der Waals surface area contributed by atoms with Crippen molar-refractivity contribution in [2.45, 2.75) is 19.0 Å². The molecule has 1 atom stereocenters. The number of hydrogen-bond donors (Lipinski definition) is 2. The van der Waals surface area contributed by atoms with Crippen LogP contribution in [-0.4, -0.2) is 12.5 Å². The normalized spacial score (nSPS) is 12.0. The van der Waals surface area contributed by atoms with Gasteiger partial charge >= 0.3 is 0 Å². The first-order valence-electron chi connectivity index (χ1n) is 9.02. The Kier molecular flexibility index (Phi) is 6.64. The molecule has 4 heteroatoms. The molecule has 0 saturated heterocycles. The molecular weight excluding hydrogens is 356 g/mol. The topological polar surface area (TPSA) is 41.1 Å². The average molecular weight is 379 g/mol. The molecule has 3 rings (SSSR count). The predicted octanol–water partition coefficient (Wildman–Crippen LogP) is 4.90. The van der Waals surface area contributed by atoms with E-state index in [0.29, 0.717) is 5.02 Å². The molecule has 0 aliphatic carbocycles. The van der Waals surface area contributed by atoms with Gasteiger partial charge in [0, 0.05) is 11.1 Å². The van der Waals surface area contributed by atoms with Crippen LogP contribution in [0, 0.1) is 0 Å². The van der Waals surface area contributed by atoms with E-state index in [1.807, 2.05) is 91.9 Å². The maximum Gasteiger partial charge on any atom is 0.234 e. The van der Waals surface area contributed by atoms with E-state index in [1.54, 1.807) is 0 Å². The van der Waals surface area contributed by atoms with Crippen LogP contribution < -0.4 is 10.6 Å². The lowest BCUT2D eigenvalue weighted by atomic mass is 9.99. The lowest BCUT2D eigenvalue weighted by Crippen LogP contribution is -2.37. The fraction of sp³-hybridized carbons (Fsp3) is 0.174. The van der Waals surface area contributed by atoms with Crippen LogP contribution in [0.5, 0.6) is 0 Å². The molecule has 3 aromatic rings.